The van der Waals surface area contributed by atoms with Crippen molar-refractivity contribution in [2.45, 2.75) is 0 Å². The molecule has 0 unspecified atom stereocenters. The van der Waals surface area contributed by atoms with Gasteiger partial charge in [0.1, 0.15) is 11.5 Å². The van der Waals surface area contributed by atoms with Gasteiger partial charge in [0.05, 0.1) is 0 Å². The number of halogens is 1. The minimum Gasteiger partial charge on any atom is -0.478 e. The Kier molecular flexibility index (Phi) is 4.21. The molecule has 0 aliphatic rings. The van der Waals surface area contributed by atoms with Gasteiger partial charge in [0, 0.05) is 16.7 Å². The zero-order valence-electron chi connectivity index (χ0n) is 9.92. The Bertz CT molecular complexity index is 606. The highest BCUT2D eigenvalue weighted by molar-refractivity contribution is 6.30. The predicted molar refractivity (Wildman–Crippen MR) is 74.6 cm³/mol. The van der Waals surface area contributed by atoms with Gasteiger partial charge in [-0.2, -0.15) is 0 Å². The van der Waals surface area contributed by atoms with E-state index in [1.165, 1.54) is 6.08 Å². The summed E-state index contributed by atoms with van der Waals surface area (Å²) in [5, 5.41) is 9.18. The van der Waals surface area contributed by atoms with Gasteiger partial charge in [0.15, 0.2) is 0 Å². The number of carbonyl (C=O) groups is 1. The summed E-state index contributed by atoms with van der Waals surface area (Å²) in [6, 6.07) is 14.3. The van der Waals surface area contributed by atoms with Crippen LogP contribution in [0.15, 0.2) is 54.6 Å². The van der Waals surface area contributed by atoms with E-state index in [1.807, 2.05) is 30.3 Å². The summed E-state index contributed by atoms with van der Waals surface area (Å²) in [6.45, 7) is 0. The van der Waals surface area contributed by atoms with E-state index in [0.717, 1.165) is 6.08 Å². The maximum absolute atomic E-state index is 10.6. The van der Waals surface area contributed by atoms with Crippen molar-refractivity contribution in [1.82, 2.24) is 0 Å². The second kappa shape index (κ2) is 6.07. The Morgan fingerprint density at radius 1 is 1.16 bits per heavy atom. The predicted octanol–water partition coefficient (Wildman–Crippen LogP) is 4.23. The number of hydrogen-bond donors (Lipinski definition) is 1. The Morgan fingerprint density at radius 2 is 1.89 bits per heavy atom. The van der Waals surface area contributed by atoms with Crippen LogP contribution in [0.25, 0.3) is 6.08 Å². The first-order valence-corrected chi connectivity index (χ1v) is 5.96. The van der Waals surface area contributed by atoms with Gasteiger partial charge in [0.25, 0.3) is 0 Å². The summed E-state index contributed by atoms with van der Waals surface area (Å²) >= 11 is 5.90. The first-order chi connectivity index (χ1) is 9.15. The molecule has 0 bridgehead atoms. The zero-order chi connectivity index (χ0) is 13.7. The maximum atomic E-state index is 10.6. The van der Waals surface area contributed by atoms with Crippen LogP contribution in [0.3, 0.4) is 0 Å². The van der Waals surface area contributed by atoms with E-state index in [0.29, 0.717) is 22.1 Å². The average Bonchev–Trinajstić information content (AvgIpc) is 2.40. The monoisotopic (exact) mass is 274 g/mol. The number of rotatable bonds is 4. The Labute approximate surface area is 115 Å². The van der Waals surface area contributed by atoms with Crippen LogP contribution in [0.2, 0.25) is 5.02 Å². The van der Waals surface area contributed by atoms with E-state index in [9.17, 15) is 4.79 Å². The number of ether oxygens (including phenoxy) is 1. The molecule has 0 saturated carbocycles. The van der Waals surface area contributed by atoms with E-state index in [4.69, 9.17) is 21.4 Å². The Morgan fingerprint density at radius 3 is 2.58 bits per heavy atom. The highest BCUT2D eigenvalue weighted by Crippen LogP contribution is 2.28. The summed E-state index contributed by atoms with van der Waals surface area (Å²) in [6.07, 6.45) is 2.50. The smallest absolute Gasteiger partial charge is 0.328 e. The molecule has 4 heteroatoms. The lowest BCUT2D eigenvalue weighted by Gasteiger charge is -2.09. The van der Waals surface area contributed by atoms with Gasteiger partial charge in [-0.25, -0.2) is 4.79 Å². The molecule has 2 aromatic rings. The summed E-state index contributed by atoms with van der Waals surface area (Å²) in [5.74, 6) is 0.202. The lowest BCUT2D eigenvalue weighted by molar-refractivity contribution is -0.131. The molecule has 0 amide bonds. The number of benzene rings is 2. The van der Waals surface area contributed by atoms with Crippen LogP contribution in [0, 0.1) is 0 Å². The third-order valence-corrected chi connectivity index (χ3v) is 2.58. The van der Waals surface area contributed by atoms with E-state index in [1.54, 1.807) is 18.2 Å². The van der Waals surface area contributed by atoms with Gasteiger partial charge in [-0.1, -0.05) is 29.8 Å². The van der Waals surface area contributed by atoms with Crippen LogP contribution in [-0.2, 0) is 4.79 Å². The Balaban J connectivity index is 2.32. The summed E-state index contributed by atoms with van der Waals surface area (Å²) in [7, 11) is 0. The second-order valence-electron chi connectivity index (χ2n) is 3.77. The molecule has 1 N–H and O–H groups in total. The second-order valence-corrected chi connectivity index (χ2v) is 4.21. The van der Waals surface area contributed by atoms with Crippen molar-refractivity contribution in [3.05, 3.63) is 65.2 Å². The number of para-hydroxylation sites is 1. The van der Waals surface area contributed by atoms with E-state index in [-0.39, 0.29) is 0 Å². The minimum atomic E-state index is -1.02. The standard InChI is InChI=1S/C15H11ClO3/c16-12-7-8-14(11(10-12)6-9-15(17)18)19-13-4-2-1-3-5-13/h1-10H,(H,17,18)/b9-6+. The van der Waals surface area contributed by atoms with Gasteiger partial charge in [-0.15, -0.1) is 0 Å². The quantitative estimate of drug-likeness (QED) is 0.849. The van der Waals surface area contributed by atoms with Gasteiger partial charge in [-0.3, -0.25) is 0 Å². The van der Waals surface area contributed by atoms with Crippen LogP contribution in [0.4, 0.5) is 0 Å². The van der Waals surface area contributed by atoms with Gasteiger partial charge < -0.3 is 9.84 Å². The SMILES string of the molecule is O=C(O)/C=C/c1cc(Cl)ccc1Oc1ccccc1. The number of aliphatic carboxylic acids is 1. The summed E-state index contributed by atoms with van der Waals surface area (Å²) in [5.41, 5.74) is 0.610. The minimum absolute atomic E-state index is 0.519. The molecule has 96 valence electrons. The van der Waals surface area contributed by atoms with E-state index >= 15 is 0 Å². The molecule has 0 aromatic heterocycles. The Hall–Kier alpha value is -2.26. The molecule has 0 atom stereocenters. The molecular formula is C15H11ClO3. The lowest BCUT2D eigenvalue weighted by Crippen LogP contribution is -1.89. The lowest BCUT2D eigenvalue weighted by atomic mass is 10.2. The van der Waals surface area contributed by atoms with Crippen molar-refractivity contribution in [2.75, 3.05) is 0 Å². The first-order valence-electron chi connectivity index (χ1n) is 5.58. The molecule has 0 heterocycles. The topological polar surface area (TPSA) is 46.5 Å². The van der Waals surface area contributed by atoms with Crippen molar-refractivity contribution in [1.29, 1.82) is 0 Å². The van der Waals surface area contributed by atoms with Gasteiger partial charge in [0.2, 0.25) is 0 Å². The van der Waals surface area contributed by atoms with Crippen LogP contribution in [-0.4, -0.2) is 11.1 Å². The summed E-state index contributed by atoms with van der Waals surface area (Å²) < 4.78 is 5.69. The van der Waals surface area contributed by atoms with Crippen LogP contribution >= 0.6 is 11.6 Å². The van der Waals surface area contributed by atoms with Crippen molar-refractivity contribution in [2.24, 2.45) is 0 Å². The maximum Gasteiger partial charge on any atom is 0.328 e. The third kappa shape index (κ3) is 3.86. The fourth-order valence-electron chi connectivity index (χ4n) is 1.52. The highest BCUT2D eigenvalue weighted by Gasteiger charge is 2.04. The first kappa shape index (κ1) is 13.2. The highest BCUT2D eigenvalue weighted by atomic mass is 35.5. The zero-order valence-corrected chi connectivity index (χ0v) is 10.7. The molecule has 2 aromatic carbocycles. The van der Waals surface area contributed by atoms with Crippen LogP contribution in [0.5, 0.6) is 11.5 Å². The number of carboxylic acids is 1. The molecule has 0 aliphatic carbocycles. The molecule has 2 rings (SSSR count). The average molecular weight is 275 g/mol. The van der Waals surface area contributed by atoms with Crippen molar-refractivity contribution >= 4 is 23.6 Å². The van der Waals surface area contributed by atoms with Crippen LogP contribution in [0.1, 0.15) is 5.56 Å². The molecule has 3 nitrogen and oxygen atoms in total. The third-order valence-electron chi connectivity index (χ3n) is 2.35. The molecule has 0 radical (unpaired) electrons. The van der Waals surface area contributed by atoms with E-state index in [2.05, 4.69) is 0 Å². The molecule has 0 spiro atoms. The molecule has 19 heavy (non-hydrogen) atoms. The molecular weight excluding hydrogens is 264 g/mol. The molecule has 0 fully saturated rings. The van der Waals surface area contributed by atoms with Crippen molar-refractivity contribution < 1.29 is 14.6 Å². The molecule has 0 aliphatic heterocycles. The van der Waals surface area contributed by atoms with Crippen molar-refractivity contribution in [3.63, 3.8) is 0 Å². The fourth-order valence-corrected chi connectivity index (χ4v) is 1.70. The number of hydrogen-bond acceptors (Lipinski definition) is 2. The molecule has 0 saturated heterocycles. The van der Waals surface area contributed by atoms with Crippen LogP contribution < -0.4 is 4.74 Å². The summed E-state index contributed by atoms with van der Waals surface area (Å²) in [4.78, 5) is 10.6. The van der Waals surface area contributed by atoms with Gasteiger partial charge >= 0.3 is 5.97 Å². The fraction of sp³-hybridized carbons (Fsp3) is 0. The van der Waals surface area contributed by atoms with Gasteiger partial charge in [-0.05, 0) is 36.4 Å². The van der Waals surface area contributed by atoms with Crippen molar-refractivity contribution in [3.8, 4) is 11.5 Å². The van der Waals surface area contributed by atoms with E-state index < -0.39 is 5.97 Å². The number of carboxylic acid groups (broad SMARTS) is 1. The normalized spacial score (nSPS) is 10.6. The largest absolute Gasteiger partial charge is 0.478 e.